The van der Waals surface area contributed by atoms with Crippen LogP contribution in [-0.4, -0.2) is 13.9 Å². The molecule has 0 heterocycles. The van der Waals surface area contributed by atoms with Gasteiger partial charge in [0.05, 0.1) is 5.60 Å². The maximum atomic E-state index is 6.54. The van der Waals surface area contributed by atoms with Gasteiger partial charge < -0.3 is 4.43 Å². The van der Waals surface area contributed by atoms with Gasteiger partial charge in [0.25, 0.3) is 0 Å². The van der Waals surface area contributed by atoms with Crippen molar-refractivity contribution in [2.75, 3.05) is 0 Å². The van der Waals surface area contributed by atoms with E-state index in [2.05, 4.69) is 26.3 Å². The van der Waals surface area contributed by atoms with Gasteiger partial charge in [-0.15, -0.1) is 13.2 Å². The summed E-state index contributed by atoms with van der Waals surface area (Å²) in [5.41, 5.74) is 0.110. The zero-order valence-electron chi connectivity index (χ0n) is 10.9. The van der Waals surface area contributed by atoms with Gasteiger partial charge in [0, 0.05) is 0 Å². The normalized spacial score (nSPS) is 20.4. The van der Waals surface area contributed by atoms with E-state index >= 15 is 0 Å². The molecule has 0 N–H and O–H groups in total. The second-order valence-electron chi connectivity index (χ2n) is 5.59. The molecule has 2 heteroatoms. The fraction of sp³-hybridized carbons (Fsp3) is 0.714. The van der Waals surface area contributed by atoms with E-state index in [0.29, 0.717) is 0 Å². The molecule has 16 heavy (non-hydrogen) atoms. The van der Waals surface area contributed by atoms with E-state index in [-0.39, 0.29) is 5.60 Å². The van der Waals surface area contributed by atoms with Crippen molar-refractivity contribution in [3.05, 3.63) is 25.3 Å². The number of hydrogen-bond donors (Lipinski definition) is 0. The molecule has 0 aromatic carbocycles. The minimum absolute atomic E-state index is 0.110. The van der Waals surface area contributed by atoms with Gasteiger partial charge in [0.15, 0.2) is 8.32 Å². The lowest BCUT2D eigenvalue weighted by Gasteiger charge is -2.42. The van der Waals surface area contributed by atoms with Crippen LogP contribution in [0.15, 0.2) is 25.3 Å². The Hall–Kier alpha value is -0.343. The first kappa shape index (κ1) is 13.7. The topological polar surface area (TPSA) is 9.23 Å². The van der Waals surface area contributed by atoms with Gasteiger partial charge in [-0.1, -0.05) is 31.4 Å². The Labute approximate surface area is 102 Å². The lowest BCUT2D eigenvalue weighted by molar-refractivity contribution is 0.0246. The third-order valence-electron chi connectivity index (χ3n) is 3.41. The van der Waals surface area contributed by atoms with Crippen molar-refractivity contribution in [2.24, 2.45) is 0 Å². The van der Waals surface area contributed by atoms with E-state index in [4.69, 9.17) is 4.43 Å². The van der Waals surface area contributed by atoms with Crippen LogP contribution in [0, 0.1) is 0 Å². The van der Waals surface area contributed by atoms with Crippen LogP contribution in [0.3, 0.4) is 0 Å². The minimum atomic E-state index is -1.57. The van der Waals surface area contributed by atoms with Crippen LogP contribution in [0.5, 0.6) is 0 Å². The molecule has 1 rings (SSSR count). The van der Waals surface area contributed by atoms with Crippen molar-refractivity contribution in [3.63, 3.8) is 0 Å². The minimum Gasteiger partial charge on any atom is -0.411 e. The fourth-order valence-electron chi connectivity index (χ4n) is 2.78. The first-order valence-electron chi connectivity index (χ1n) is 6.46. The molecule has 0 bridgehead atoms. The lowest BCUT2D eigenvalue weighted by atomic mass is 9.83. The summed E-state index contributed by atoms with van der Waals surface area (Å²) in [4.78, 5) is 0. The first-order chi connectivity index (χ1) is 7.54. The molecule has 0 saturated heterocycles. The molecule has 1 nitrogen and oxygen atoms in total. The average molecular weight is 238 g/mol. The zero-order chi connectivity index (χ0) is 12.1. The number of hydrogen-bond acceptors (Lipinski definition) is 1. The highest BCUT2D eigenvalue weighted by Crippen LogP contribution is 2.37. The highest BCUT2D eigenvalue weighted by Gasteiger charge is 2.37. The SMILES string of the molecule is C=CCC1(O[Si](C)(C)CC=C)CCCCC1. The van der Waals surface area contributed by atoms with E-state index < -0.39 is 8.32 Å². The summed E-state index contributed by atoms with van der Waals surface area (Å²) < 4.78 is 6.54. The molecule has 0 aromatic heterocycles. The zero-order valence-corrected chi connectivity index (χ0v) is 11.9. The van der Waals surface area contributed by atoms with Crippen LogP contribution in [0.4, 0.5) is 0 Å². The maximum absolute atomic E-state index is 6.54. The Balaban J connectivity index is 2.69. The largest absolute Gasteiger partial charge is 0.411 e. The Bertz CT molecular complexity index is 239. The van der Waals surface area contributed by atoms with Crippen molar-refractivity contribution < 1.29 is 4.43 Å². The number of allylic oxidation sites excluding steroid dienone is 1. The van der Waals surface area contributed by atoms with Crippen LogP contribution in [0.1, 0.15) is 38.5 Å². The molecule has 1 fully saturated rings. The molecule has 1 aliphatic rings. The van der Waals surface area contributed by atoms with Crippen molar-refractivity contribution in [1.29, 1.82) is 0 Å². The van der Waals surface area contributed by atoms with Crippen LogP contribution in [0.25, 0.3) is 0 Å². The third-order valence-corrected chi connectivity index (χ3v) is 5.67. The molecule has 1 saturated carbocycles. The lowest BCUT2D eigenvalue weighted by Crippen LogP contribution is -2.45. The van der Waals surface area contributed by atoms with Gasteiger partial charge in [0.2, 0.25) is 0 Å². The summed E-state index contributed by atoms with van der Waals surface area (Å²) in [6, 6.07) is 1.05. The van der Waals surface area contributed by atoms with Crippen molar-refractivity contribution >= 4 is 8.32 Å². The molecule has 0 aliphatic heterocycles. The van der Waals surface area contributed by atoms with Gasteiger partial charge in [-0.2, -0.15) is 0 Å². The molecule has 92 valence electrons. The second-order valence-corrected chi connectivity index (χ2v) is 9.72. The molecular formula is C14H26OSi. The fourth-order valence-corrected chi connectivity index (χ4v) is 5.02. The van der Waals surface area contributed by atoms with Crippen LogP contribution < -0.4 is 0 Å². The molecule has 0 atom stereocenters. The molecule has 0 unspecified atom stereocenters. The monoisotopic (exact) mass is 238 g/mol. The van der Waals surface area contributed by atoms with Crippen LogP contribution in [0.2, 0.25) is 19.1 Å². The molecule has 0 spiro atoms. The third kappa shape index (κ3) is 3.91. The van der Waals surface area contributed by atoms with Crippen molar-refractivity contribution in [2.45, 2.75) is 63.3 Å². The Kier molecular flexibility index (Phi) is 5.00. The number of rotatable bonds is 6. The van der Waals surface area contributed by atoms with Crippen LogP contribution >= 0.6 is 0 Å². The summed E-state index contributed by atoms with van der Waals surface area (Å²) in [6.45, 7) is 12.3. The Morgan fingerprint density at radius 1 is 1.12 bits per heavy atom. The maximum Gasteiger partial charge on any atom is 0.191 e. The van der Waals surface area contributed by atoms with Gasteiger partial charge >= 0.3 is 0 Å². The molecule has 0 radical (unpaired) electrons. The molecule has 0 aromatic rings. The highest BCUT2D eigenvalue weighted by molar-refractivity contribution is 6.71. The second kappa shape index (κ2) is 5.83. The van der Waals surface area contributed by atoms with Gasteiger partial charge in [-0.25, -0.2) is 0 Å². The van der Waals surface area contributed by atoms with Crippen LogP contribution in [-0.2, 0) is 4.43 Å². The summed E-state index contributed by atoms with van der Waals surface area (Å²) in [5.74, 6) is 0. The van der Waals surface area contributed by atoms with E-state index in [1.807, 2.05) is 12.2 Å². The summed E-state index contributed by atoms with van der Waals surface area (Å²) in [7, 11) is -1.57. The van der Waals surface area contributed by atoms with Gasteiger partial charge in [0.1, 0.15) is 0 Å². The summed E-state index contributed by atoms with van der Waals surface area (Å²) >= 11 is 0. The van der Waals surface area contributed by atoms with Gasteiger partial charge in [-0.3, -0.25) is 0 Å². The van der Waals surface area contributed by atoms with E-state index in [1.165, 1.54) is 32.1 Å². The molecule has 1 aliphatic carbocycles. The highest BCUT2D eigenvalue weighted by atomic mass is 28.4. The Morgan fingerprint density at radius 2 is 1.75 bits per heavy atom. The molecular weight excluding hydrogens is 212 g/mol. The quantitative estimate of drug-likeness (QED) is 0.482. The van der Waals surface area contributed by atoms with E-state index in [1.54, 1.807) is 0 Å². The first-order valence-corrected chi connectivity index (χ1v) is 9.57. The van der Waals surface area contributed by atoms with Gasteiger partial charge in [-0.05, 0) is 38.4 Å². The predicted molar refractivity (Wildman–Crippen MR) is 74.2 cm³/mol. The van der Waals surface area contributed by atoms with Crippen molar-refractivity contribution in [1.82, 2.24) is 0 Å². The average Bonchev–Trinajstić information content (AvgIpc) is 2.17. The smallest absolute Gasteiger partial charge is 0.191 e. The Morgan fingerprint density at radius 3 is 2.25 bits per heavy atom. The summed E-state index contributed by atoms with van der Waals surface area (Å²) in [6.07, 6.45) is 11.5. The van der Waals surface area contributed by atoms with E-state index in [0.717, 1.165) is 12.5 Å². The standard InChI is InChI=1S/C14H26OSi/c1-5-10-14(11-8-7-9-12-14)15-16(3,4)13-6-2/h5-6H,1-2,7-13H2,3-4H3. The predicted octanol–water partition coefficient (Wildman–Crippen LogP) is 4.67. The van der Waals surface area contributed by atoms with E-state index in [9.17, 15) is 0 Å². The molecule has 0 amide bonds. The van der Waals surface area contributed by atoms with Crippen molar-refractivity contribution in [3.8, 4) is 0 Å². The summed E-state index contributed by atoms with van der Waals surface area (Å²) in [5, 5.41) is 0.